The van der Waals surface area contributed by atoms with Crippen LogP contribution in [0, 0.1) is 5.92 Å². The highest BCUT2D eigenvalue weighted by atomic mass is 16.2. The summed E-state index contributed by atoms with van der Waals surface area (Å²) in [5.74, 6) is 0.607. The molecule has 4 nitrogen and oxygen atoms in total. The number of nitrogens with one attached hydrogen (secondary N) is 1. The Morgan fingerprint density at radius 2 is 2.24 bits per heavy atom. The minimum absolute atomic E-state index is 0.0626. The van der Waals surface area contributed by atoms with Crippen LogP contribution >= 0.6 is 0 Å². The van der Waals surface area contributed by atoms with Crippen LogP contribution in [0.4, 0.5) is 0 Å². The van der Waals surface area contributed by atoms with Gasteiger partial charge in [0.25, 0.3) is 5.91 Å². The van der Waals surface area contributed by atoms with Crippen molar-refractivity contribution in [3.8, 4) is 0 Å². The molecule has 1 amide bonds. The zero-order chi connectivity index (χ0) is 14.7. The molecule has 1 saturated heterocycles. The molecule has 0 aliphatic carbocycles. The Balaban J connectivity index is 1.86. The summed E-state index contributed by atoms with van der Waals surface area (Å²) >= 11 is 0. The number of amides is 1. The van der Waals surface area contributed by atoms with Crippen molar-refractivity contribution in [1.82, 2.24) is 15.2 Å². The van der Waals surface area contributed by atoms with E-state index >= 15 is 0 Å². The molecular weight excluding hydrogens is 262 g/mol. The van der Waals surface area contributed by atoms with Crippen molar-refractivity contribution in [1.29, 1.82) is 0 Å². The second-order valence-electron chi connectivity index (χ2n) is 5.70. The van der Waals surface area contributed by atoms with Crippen molar-refractivity contribution in [2.45, 2.75) is 12.8 Å². The highest BCUT2D eigenvalue weighted by Gasteiger charge is 2.25. The first-order chi connectivity index (χ1) is 10.3. The minimum Gasteiger partial charge on any atom is -0.337 e. The molecule has 1 unspecified atom stereocenters. The van der Waals surface area contributed by atoms with Gasteiger partial charge in [-0.2, -0.15) is 0 Å². The summed E-state index contributed by atoms with van der Waals surface area (Å²) in [6, 6.07) is 9.89. The topological polar surface area (TPSA) is 45.2 Å². The lowest BCUT2D eigenvalue weighted by Crippen LogP contribution is -2.42. The molecule has 2 heterocycles. The summed E-state index contributed by atoms with van der Waals surface area (Å²) in [4.78, 5) is 19.1. The number of carbonyl (C=O) groups excluding carboxylic acids is 1. The normalized spacial score (nSPS) is 18.9. The maximum absolute atomic E-state index is 12.8. The molecule has 0 spiro atoms. The number of carbonyl (C=O) groups is 1. The number of nitrogens with zero attached hydrogens (tertiary/aromatic N) is 2. The fourth-order valence-corrected chi connectivity index (χ4v) is 3.14. The van der Waals surface area contributed by atoms with Crippen LogP contribution in [-0.2, 0) is 0 Å². The molecule has 1 fully saturated rings. The molecule has 0 radical (unpaired) electrons. The van der Waals surface area contributed by atoms with E-state index in [0.717, 1.165) is 36.8 Å². The summed E-state index contributed by atoms with van der Waals surface area (Å²) < 4.78 is 0. The third-order valence-corrected chi connectivity index (χ3v) is 4.18. The number of pyridine rings is 1. The second kappa shape index (κ2) is 6.22. The van der Waals surface area contributed by atoms with Crippen molar-refractivity contribution in [2.24, 2.45) is 5.92 Å². The van der Waals surface area contributed by atoms with Gasteiger partial charge in [0.2, 0.25) is 0 Å². The Morgan fingerprint density at radius 1 is 1.38 bits per heavy atom. The van der Waals surface area contributed by atoms with Crippen LogP contribution in [0.15, 0.2) is 36.5 Å². The standard InChI is InChI=1S/C17H21N3O/c1-18-11-13-5-4-10-20(12-13)17(21)16-15-7-3-2-6-14(15)8-9-19-16/h2-3,6-9,13,18H,4-5,10-12H2,1H3. The van der Waals surface area contributed by atoms with E-state index in [0.29, 0.717) is 11.6 Å². The molecule has 1 atom stereocenters. The molecule has 0 saturated carbocycles. The number of likely N-dealkylation sites (tertiary alicyclic amines) is 1. The van der Waals surface area contributed by atoms with Gasteiger partial charge < -0.3 is 10.2 Å². The van der Waals surface area contributed by atoms with Crippen molar-refractivity contribution in [3.63, 3.8) is 0 Å². The molecule has 21 heavy (non-hydrogen) atoms. The maximum atomic E-state index is 12.8. The highest BCUT2D eigenvalue weighted by Crippen LogP contribution is 2.21. The Hall–Kier alpha value is -1.94. The third kappa shape index (κ3) is 2.90. The van der Waals surface area contributed by atoms with Crippen molar-refractivity contribution < 1.29 is 4.79 Å². The predicted molar refractivity (Wildman–Crippen MR) is 84.3 cm³/mol. The van der Waals surface area contributed by atoms with Crippen LogP contribution in [0.1, 0.15) is 23.3 Å². The van der Waals surface area contributed by atoms with Gasteiger partial charge in [-0.15, -0.1) is 0 Å². The first-order valence-electron chi connectivity index (χ1n) is 7.57. The summed E-state index contributed by atoms with van der Waals surface area (Å²) in [6.07, 6.45) is 3.99. The van der Waals surface area contributed by atoms with Gasteiger partial charge >= 0.3 is 0 Å². The Kier molecular flexibility index (Phi) is 4.15. The van der Waals surface area contributed by atoms with E-state index < -0.39 is 0 Å². The number of piperidine rings is 1. The Labute approximate surface area is 125 Å². The number of aromatic nitrogens is 1. The van der Waals surface area contributed by atoms with Crippen LogP contribution in [0.2, 0.25) is 0 Å². The average molecular weight is 283 g/mol. The average Bonchev–Trinajstić information content (AvgIpc) is 2.54. The van der Waals surface area contributed by atoms with E-state index in [1.165, 1.54) is 6.42 Å². The van der Waals surface area contributed by atoms with Crippen molar-refractivity contribution >= 4 is 16.7 Å². The monoisotopic (exact) mass is 283 g/mol. The third-order valence-electron chi connectivity index (χ3n) is 4.18. The van der Waals surface area contributed by atoms with Gasteiger partial charge in [-0.1, -0.05) is 24.3 Å². The number of hydrogen-bond acceptors (Lipinski definition) is 3. The molecule has 1 aromatic heterocycles. The zero-order valence-corrected chi connectivity index (χ0v) is 12.4. The van der Waals surface area contributed by atoms with Gasteiger partial charge in [0.15, 0.2) is 0 Å². The molecule has 1 aliphatic heterocycles. The maximum Gasteiger partial charge on any atom is 0.273 e. The summed E-state index contributed by atoms with van der Waals surface area (Å²) in [7, 11) is 1.97. The minimum atomic E-state index is 0.0626. The van der Waals surface area contributed by atoms with Gasteiger partial charge in [0.05, 0.1) is 0 Å². The summed E-state index contributed by atoms with van der Waals surface area (Å²) in [6.45, 7) is 2.63. The lowest BCUT2D eigenvalue weighted by atomic mass is 9.97. The number of hydrogen-bond donors (Lipinski definition) is 1. The number of benzene rings is 1. The number of fused-ring (bicyclic) bond motifs is 1. The fraction of sp³-hybridized carbons (Fsp3) is 0.412. The molecule has 2 aromatic rings. The second-order valence-corrected chi connectivity index (χ2v) is 5.70. The van der Waals surface area contributed by atoms with Crippen LogP contribution in [-0.4, -0.2) is 42.5 Å². The van der Waals surface area contributed by atoms with Gasteiger partial charge in [-0.25, -0.2) is 0 Å². The summed E-state index contributed by atoms with van der Waals surface area (Å²) in [5.41, 5.74) is 0.582. The van der Waals surface area contributed by atoms with Gasteiger partial charge in [0.1, 0.15) is 5.69 Å². The fourth-order valence-electron chi connectivity index (χ4n) is 3.14. The molecule has 1 aromatic carbocycles. The molecule has 0 bridgehead atoms. The van der Waals surface area contributed by atoms with E-state index in [2.05, 4.69) is 10.3 Å². The van der Waals surface area contributed by atoms with Crippen LogP contribution in [0.3, 0.4) is 0 Å². The molecule has 1 N–H and O–H groups in total. The molecule has 4 heteroatoms. The van der Waals surface area contributed by atoms with Crippen LogP contribution in [0.5, 0.6) is 0 Å². The predicted octanol–water partition coefficient (Wildman–Crippen LogP) is 2.31. The summed E-state index contributed by atoms with van der Waals surface area (Å²) in [5, 5.41) is 5.23. The van der Waals surface area contributed by atoms with E-state index in [9.17, 15) is 4.79 Å². The first-order valence-corrected chi connectivity index (χ1v) is 7.57. The van der Waals surface area contributed by atoms with Crippen LogP contribution < -0.4 is 5.32 Å². The highest BCUT2D eigenvalue weighted by molar-refractivity contribution is 6.05. The molecule has 1 aliphatic rings. The van der Waals surface area contributed by atoms with E-state index in [-0.39, 0.29) is 5.91 Å². The van der Waals surface area contributed by atoms with E-state index in [1.807, 2.05) is 42.3 Å². The zero-order valence-electron chi connectivity index (χ0n) is 12.4. The SMILES string of the molecule is CNCC1CCCN(C(=O)c2nccc3ccccc23)C1. The smallest absolute Gasteiger partial charge is 0.273 e. The molecule has 3 rings (SSSR count). The van der Waals surface area contributed by atoms with Crippen LogP contribution in [0.25, 0.3) is 10.8 Å². The van der Waals surface area contributed by atoms with Gasteiger partial charge in [-0.3, -0.25) is 9.78 Å². The first kappa shape index (κ1) is 14.0. The lowest BCUT2D eigenvalue weighted by Gasteiger charge is -2.32. The number of rotatable bonds is 3. The Bertz CT molecular complexity index is 633. The van der Waals surface area contributed by atoms with Gasteiger partial charge in [-0.05, 0) is 43.8 Å². The quantitative estimate of drug-likeness (QED) is 0.940. The Morgan fingerprint density at radius 3 is 3.10 bits per heavy atom. The lowest BCUT2D eigenvalue weighted by molar-refractivity contribution is 0.0670. The van der Waals surface area contributed by atoms with Crippen molar-refractivity contribution in [2.75, 3.05) is 26.7 Å². The van der Waals surface area contributed by atoms with Gasteiger partial charge in [0, 0.05) is 24.7 Å². The van der Waals surface area contributed by atoms with E-state index in [1.54, 1.807) is 6.20 Å². The largest absolute Gasteiger partial charge is 0.337 e. The molecular formula is C17H21N3O. The molecule has 110 valence electrons. The van der Waals surface area contributed by atoms with Crippen molar-refractivity contribution in [3.05, 3.63) is 42.2 Å². The van der Waals surface area contributed by atoms with E-state index in [4.69, 9.17) is 0 Å².